The van der Waals surface area contributed by atoms with Crippen molar-refractivity contribution in [3.63, 3.8) is 0 Å². The molecule has 1 aromatic heterocycles. The van der Waals surface area contributed by atoms with E-state index in [1.54, 1.807) is 12.5 Å². The van der Waals surface area contributed by atoms with Gasteiger partial charge < -0.3 is 9.88 Å². The number of aromatic nitrogens is 2. The minimum atomic E-state index is -4.27. The predicted octanol–water partition coefficient (Wildman–Crippen LogP) is 2.69. The normalized spacial score (nSPS) is 11.7. The summed E-state index contributed by atoms with van der Waals surface area (Å²) >= 11 is 0. The van der Waals surface area contributed by atoms with Crippen LogP contribution in [0.3, 0.4) is 0 Å². The molecule has 0 atom stereocenters. The van der Waals surface area contributed by atoms with Crippen molar-refractivity contribution < 1.29 is 13.2 Å². The highest BCUT2D eigenvalue weighted by molar-refractivity contribution is 5.24. The van der Waals surface area contributed by atoms with Crippen LogP contribution in [0.5, 0.6) is 0 Å². The lowest BCUT2D eigenvalue weighted by Gasteiger charge is -2.08. The summed E-state index contributed by atoms with van der Waals surface area (Å²) in [5, 5.41) is 3.17. The zero-order chi connectivity index (χ0) is 13.7. The fraction of sp³-hybridized carbons (Fsp3) is 0.308. The van der Waals surface area contributed by atoms with Crippen molar-refractivity contribution in [1.29, 1.82) is 0 Å². The molecule has 0 saturated carbocycles. The van der Waals surface area contributed by atoms with E-state index in [-0.39, 0.29) is 0 Å². The highest BCUT2D eigenvalue weighted by atomic mass is 19.4. The van der Waals surface area contributed by atoms with Gasteiger partial charge in [-0.05, 0) is 17.7 Å². The maximum absolute atomic E-state index is 12.4. The van der Waals surface area contributed by atoms with Crippen LogP contribution in [-0.4, -0.2) is 16.1 Å². The molecule has 1 aromatic carbocycles. The van der Waals surface area contributed by atoms with Crippen molar-refractivity contribution >= 4 is 0 Å². The third kappa shape index (κ3) is 4.10. The molecule has 2 rings (SSSR count). The van der Waals surface area contributed by atoms with Gasteiger partial charge in [0.1, 0.15) is 0 Å². The van der Waals surface area contributed by atoms with Gasteiger partial charge in [-0.2, -0.15) is 13.2 Å². The van der Waals surface area contributed by atoms with Crippen LogP contribution in [0, 0.1) is 0 Å². The Morgan fingerprint density at radius 1 is 1.16 bits per heavy atom. The Morgan fingerprint density at radius 3 is 2.47 bits per heavy atom. The van der Waals surface area contributed by atoms with Crippen molar-refractivity contribution in [2.24, 2.45) is 0 Å². The van der Waals surface area contributed by atoms with Crippen molar-refractivity contribution in [3.8, 4) is 0 Å². The average molecular weight is 269 g/mol. The minimum absolute atomic E-state index is 0.548. The van der Waals surface area contributed by atoms with Crippen molar-refractivity contribution in [1.82, 2.24) is 14.9 Å². The summed E-state index contributed by atoms with van der Waals surface area (Å²) in [4.78, 5) is 3.92. The van der Waals surface area contributed by atoms with E-state index in [0.29, 0.717) is 6.54 Å². The lowest BCUT2D eigenvalue weighted by molar-refractivity contribution is -0.137. The minimum Gasteiger partial charge on any atom is -0.336 e. The molecule has 0 amide bonds. The van der Waals surface area contributed by atoms with E-state index >= 15 is 0 Å². The number of rotatable bonds is 5. The van der Waals surface area contributed by atoms with E-state index in [0.717, 1.165) is 30.8 Å². The molecule has 0 aliphatic rings. The maximum atomic E-state index is 12.4. The molecule has 19 heavy (non-hydrogen) atoms. The van der Waals surface area contributed by atoms with E-state index in [1.165, 1.54) is 12.1 Å². The fourth-order valence-corrected chi connectivity index (χ4v) is 1.67. The standard InChI is InChI=1S/C13H14F3N3/c14-13(15,16)12-3-1-11(2-4-12)9-17-5-7-19-8-6-18-10-19/h1-4,6,8,10,17H,5,7,9H2. The zero-order valence-electron chi connectivity index (χ0n) is 10.2. The summed E-state index contributed by atoms with van der Waals surface area (Å²) in [6.45, 7) is 2.06. The van der Waals surface area contributed by atoms with Crippen LogP contribution in [-0.2, 0) is 19.3 Å². The largest absolute Gasteiger partial charge is 0.416 e. The molecule has 0 radical (unpaired) electrons. The second kappa shape index (κ2) is 5.88. The number of nitrogens with zero attached hydrogens (tertiary/aromatic N) is 2. The second-order valence-electron chi connectivity index (χ2n) is 4.17. The van der Waals surface area contributed by atoms with Gasteiger partial charge in [-0.3, -0.25) is 0 Å². The maximum Gasteiger partial charge on any atom is 0.416 e. The lowest BCUT2D eigenvalue weighted by atomic mass is 10.1. The van der Waals surface area contributed by atoms with Crippen LogP contribution in [0.15, 0.2) is 43.0 Å². The summed E-state index contributed by atoms with van der Waals surface area (Å²) in [6.07, 6.45) is 1.02. The monoisotopic (exact) mass is 269 g/mol. The van der Waals surface area contributed by atoms with Gasteiger partial charge in [0.25, 0.3) is 0 Å². The third-order valence-corrected chi connectivity index (χ3v) is 2.72. The molecule has 0 aliphatic carbocycles. The van der Waals surface area contributed by atoms with E-state index in [4.69, 9.17) is 0 Å². The number of nitrogens with one attached hydrogen (secondary N) is 1. The smallest absolute Gasteiger partial charge is 0.336 e. The molecule has 0 aliphatic heterocycles. The van der Waals surface area contributed by atoms with Crippen molar-refractivity contribution in [3.05, 3.63) is 54.1 Å². The molecule has 0 spiro atoms. The first-order chi connectivity index (χ1) is 9.05. The molecule has 0 saturated heterocycles. The Hall–Kier alpha value is -1.82. The first-order valence-electron chi connectivity index (χ1n) is 5.88. The van der Waals surface area contributed by atoms with Crippen LogP contribution in [0.25, 0.3) is 0 Å². The van der Waals surface area contributed by atoms with Crippen LogP contribution in [0.2, 0.25) is 0 Å². The first kappa shape index (κ1) is 13.6. The average Bonchev–Trinajstić information content (AvgIpc) is 2.87. The quantitative estimate of drug-likeness (QED) is 0.846. The Bertz CT molecular complexity index is 489. The van der Waals surface area contributed by atoms with Gasteiger partial charge in [0.15, 0.2) is 0 Å². The Labute approximate surface area is 109 Å². The first-order valence-corrected chi connectivity index (χ1v) is 5.88. The van der Waals surface area contributed by atoms with Gasteiger partial charge in [-0.1, -0.05) is 12.1 Å². The molecular weight excluding hydrogens is 255 g/mol. The molecular formula is C13H14F3N3. The molecule has 3 nitrogen and oxygen atoms in total. The number of hydrogen-bond donors (Lipinski definition) is 1. The van der Waals surface area contributed by atoms with Crippen molar-refractivity contribution in [2.45, 2.75) is 19.3 Å². The Morgan fingerprint density at radius 2 is 1.89 bits per heavy atom. The van der Waals surface area contributed by atoms with Crippen LogP contribution >= 0.6 is 0 Å². The number of benzene rings is 1. The highest BCUT2D eigenvalue weighted by Gasteiger charge is 2.29. The van der Waals surface area contributed by atoms with Crippen molar-refractivity contribution in [2.75, 3.05) is 6.54 Å². The highest BCUT2D eigenvalue weighted by Crippen LogP contribution is 2.28. The van der Waals surface area contributed by atoms with E-state index in [1.807, 2.05) is 10.8 Å². The van der Waals surface area contributed by atoms with Crippen LogP contribution in [0.1, 0.15) is 11.1 Å². The van der Waals surface area contributed by atoms with E-state index < -0.39 is 11.7 Å². The second-order valence-corrected chi connectivity index (χ2v) is 4.17. The molecule has 0 fully saturated rings. The van der Waals surface area contributed by atoms with E-state index in [2.05, 4.69) is 10.3 Å². The van der Waals surface area contributed by atoms with Gasteiger partial charge >= 0.3 is 6.18 Å². The topological polar surface area (TPSA) is 29.9 Å². The summed E-state index contributed by atoms with van der Waals surface area (Å²) in [6, 6.07) is 5.19. The molecule has 1 heterocycles. The number of imidazole rings is 1. The van der Waals surface area contributed by atoms with Gasteiger partial charge in [-0.25, -0.2) is 4.98 Å². The molecule has 0 unspecified atom stereocenters. The third-order valence-electron chi connectivity index (χ3n) is 2.72. The van der Waals surface area contributed by atoms with Gasteiger partial charge in [0, 0.05) is 32.0 Å². The fourth-order valence-electron chi connectivity index (χ4n) is 1.67. The van der Waals surface area contributed by atoms with Gasteiger partial charge in [-0.15, -0.1) is 0 Å². The zero-order valence-corrected chi connectivity index (χ0v) is 10.2. The molecule has 6 heteroatoms. The summed E-state index contributed by atoms with van der Waals surface area (Å²) in [5.41, 5.74) is 0.216. The summed E-state index contributed by atoms with van der Waals surface area (Å²) < 4.78 is 39.0. The number of hydrogen-bond acceptors (Lipinski definition) is 2. The lowest BCUT2D eigenvalue weighted by Crippen LogP contribution is -2.19. The van der Waals surface area contributed by atoms with Crippen LogP contribution in [0.4, 0.5) is 13.2 Å². The van der Waals surface area contributed by atoms with E-state index in [9.17, 15) is 13.2 Å². The van der Waals surface area contributed by atoms with Gasteiger partial charge in [0.2, 0.25) is 0 Å². The SMILES string of the molecule is FC(F)(F)c1ccc(CNCCn2ccnc2)cc1. The molecule has 1 N–H and O–H groups in total. The molecule has 0 bridgehead atoms. The Kier molecular flexibility index (Phi) is 4.21. The van der Waals surface area contributed by atoms with Crippen LogP contribution < -0.4 is 5.32 Å². The van der Waals surface area contributed by atoms with Gasteiger partial charge in [0.05, 0.1) is 11.9 Å². The Balaban J connectivity index is 1.77. The molecule has 2 aromatic rings. The number of alkyl halides is 3. The number of halogens is 3. The predicted molar refractivity (Wildman–Crippen MR) is 65.4 cm³/mol. The summed E-state index contributed by atoms with van der Waals surface area (Å²) in [7, 11) is 0. The molecule has 102 valence electrons. The summed E-state index contributed by atoms with van der Waals surface area (Å²) in [5.74, 6) is 0.